The van der Waals surface area contributed by atoms with Gasteiger partial charge in [-0.2, -0.15) is 0 Å². The van der Waals surface area contributed by atoms with Gasteiger partial charge in [0.05, 0.1) is 6.61 Å². The van der Waals surface area contributed by atoms with E-state index in [-0.39, 0.29) is 5.82 Å². The summed E-state index contributed by atoms with van der Waals surface area (Å²) in [6, 6.07) is 6.82. The Morgan fingerprint density at radius 3 is 2.81 bits per heavy atom. The van der Waals surface area contributed by atoms with E-state index in [1.54, 1.807) is 12.1 Å². The fourth-order valence-electron chi connectivity index (χ4n) is 1.36. The molecule has 1 rings (SSSR count). The molecule has 0 saturated heterocycles. The van der Waals surface area contributed by atoms with Gasteiger partial charge in [-0.05, 0) is 12.5 Å². The summed E-state index contributed by atoms with van der Waals surface area (Å²) in [6.07, 6.45) is 2.26. The molecule has 1 N–H and O–H groups in total. The molecule has 0 aliphatic heterocycles. The Kier molecular flexibility index (Phi) is 6.77. The topological polar surface area (TPSA) is 21.3 Å². The van der Waals surface area contributed by atoms with E-state index in [2.05, 4.69) is 12.2 Å². The highest BCUT2D eigenvalue weighted by atomic mass is 19.1. The van der Waals surface area contributed by atoms with E-state index < -0.39 is 0 Å². The van der Waals surface area contributed by atoms with Crippen LogP contribution in [0, 0.1) is 5.82 Å². The molecular weight excluding hydrogens is 205 g/mol. The summed E-state index contributed by atoms with van der Waals surface area (Å²) in [7, 11) is 0. The monoisotopic (exact) mass is 225 g/mol. The Morgan fingerprint density at radius 1 is 1.25 bits per heavy atom. The molecule has 0 spiro atoms. The van der Waals surface area contributed by atoms with Crippen LogP contribution >= 0.6 is 0 Å². The van der Waals surface area contributed by atoms with Crippen LogP contribution in [0.15, 0.2) is 24.3 Å². The van der Waals surface area contributed by atoms with Crippen LogP contribution in [-0.2, 0) is 11.3 Å². The van der Waals surface area contributed by atoms with Gasteiger partial charge in [-0.3, -0.25) is 0 Å². The smallest absolute Gasteiger partial charge is 0.127 e. The molecule has 1 aromatic carbocycles. The van der Waals surface area contributed by atoms with E-state index in [4.69, 9.17) is 4.74 Å². The van der Waals surface area contributed by atoms with Crippen LogP contribution < -0.4 is 5.32 Å². The van der Waals surface area contributed by atoms with Gasteiger partial charge in [-0.15, -0.1) is 0 Å². The van der Waals surface area contributed by atoms with Crippen molar-refractivity contribution in [3.05, 3.63) is 35.6 Å². The van der Waals surface area contributed by atoms with Crippen LogP contribution in [0.5, 0.6) is 0 Å². The lowest BCUT2D eigenvalue weighted by Crippen LogP contribution is -2.20. The van der Waals surface area contributed by atoms with Gasteiger partial charge in [0.1, 0.15) is 5.82 Å². The lowest BCUT2D eigenvalue weighted by molar-refractivity contribution is 0.133. The second kappa shape index (κ2) is 8.25. The lowest BCUT2D eigenvalue weighted by atomic mass is 10.2. The zero-order valence-electron chi connectivity index (χ0n) is 9.84. The molecule has 2 nitrogen and oxygen atoms in total. The zero-order valence-corrected chi connectivity index (χ0v) is 9.84. The van der Waals surface area contributed by atoms with Gasteiger partial charge < -0.3 is 10.1 Å². The predicted octanol–water partition coefficient (Wildman–Crippen LogP) is 2.73. The standard InChI is InChI=1S/C13H20FNO/c1-2-3-9-16-10-8-15-11-12-6-4-5-7-13(12)14/h4-7,15H,2-3,8-11H2,1H3. The maximum absolute atomic E-state index is 13.2. The molecule has 16 heavy (non-hydrogen) atoms. The third kappa shape index (κ3) is 5.24. The van der Waals surface area contributed by atoms with E-state index in [1.807, 2.05) is 6.07 Å². The molecule has 1 aromatic rings. The molecule has 0 fully saturated rings. The minimum Gasteiger partial charge on any atom is -0.380 e. The first-order chi connectivity index (χ1) is 7.84. The van der Waals surface area contributed by atoms with Gasteiger partial charge in [0, 0.05) is 25.3 Å². The molecule has 0 radical (unpaired) electrons. The second-order valence-corrected chi connectivity index (χ2v) is 3.73. The molecule has 0 unspecified atom stereocenters. The normalized spacial score (nSPS) is 10.6. The van der Waals surface area contributed by atoms with Crippen molar-refractivity contribution >= 4 is 0 Å². The summed E-state index contributed by atoms with van der Waals surface area (Å²) < 4.78 is 18.6. The minimum atomic E-state index is -0.151. The van der Waals surface area contributed by atoms with E-state index >= 15 is 0 Å². The third-order valence-corrected chi connectivity index (χ3v) is 2.34. The number of hydrogen-bond donors (Lipinski definition) is 1. The molecule has 0 aliphatic carbocycles. The number of benzene rings is 1. The largest absolute Gasteiger partial charge is 0.380 e. The fourth-order valence-corrected chi connectivity index (χ4v) is 1.36. The Labute approximate surface area is 96.8 Å². The van der Waals surface area contributed by atoms with Crippen molar-refractivity contribution in [3.63, 3.8) is 0 Å². The first kappa shape index (κ1) is 13.1. The molecule has 90 valence electrons. The van der Waals surface area contributed by atoms with Crippen LogP contribution in [0.3, 0.4) is 0 Å². The number of unbranched alkanes of at least 4 members (excludes halogenated alkanes) is 1. The van der Waals surface area contributed by atoms with Crippen LogP contribution in [0.1, 0.15) is 25.3 Å². The average Bonchev–Trinajstić information content (AvgIpc) is 2.30. The summed E-state index contributed by atoms with van der Waals surface area (Å²) >= 11 is 0. The Hall–Kier alpha value is -0.930. The van der Waals surface area contributed by atoms with Crippen molar-refractivity contribution < 1.29 is 9.13 Å². The van der Waals surface area contributed by atoms with Crippen molar-refractivity contribution in [3.8, 4) is 0 Å². The number of halogens is 1. The van der Waals surface area contributed by atoms with Crippen LogP contribution in [0.2, 0.25) is 0 Å². The highest BCUT2D eigenvalue weighted by molar-refractivity contribution is 5.16. The summed E-state index contributed by atoms with van der Waals surface area (Å²) in [6.45, 7) is 4.97. The number of rotatable bonds is 8. The van der Waals surface area contributed by atoms with Crippen molar-refractivity contribution in [2.75, 3.05) is 19.8 Å². The summed E-state index contributed by atoms with van der Waals surface area (Å²) in [5, 5.41) is 3.15. The van der Waals surface area contributed by atoms with E-state index in [0.29, 0.717) is 18.7 Å². The quantitative estimate of drug-likeness (QED) is 0.687. The van der Waals surface area contributed by atoms with E-state index in [0.717, 1.165) is 26.0 Å². The molecule has 0 atom stereocenters. The van der Waals surface area contributed by atoms with E-state index in [9.17, 15) is 4.39 Å². The molecule has 0 bridgehead atoms. The Bertz CT molecular complexity index is 291. The Morgan fingerprint density at radius 2 is 2.06 bits per heavy atom. The van der Waals surface area contributed by atoms with Crippen molar-refractivity contribution in [1.82, 2.24) is 5.32 Å². The van der Waals surface area contributed by atoms with Gasteiger partial charge in [-0.25, -0.2) is 4.39 Å². The molecular formula is C13H20FNO. The van der Waals surface area contributed by atoms with Crippen molar-refractivity contribution in [2.24, 2.45) is 0 Å². The van der Waals surface area contributed by atoms with Gasteiger partial charge in [0.2, 0.25) is 0 Å². The summed E-state index contributed by atoms with van der Waals surface area (Å²) in [4.78, 5) is 0. The SMILES string of the molecule is CCCCOCCNCc1ccccc1F. The third-order valence-electron chi connectivity index (χ3n) is 2.34. The second-order valence-electron chi connectivity index (χ2n) is 3.73. The summed E-state index contributed by atoms with van der Waals surface area (Å²) in [5.41, 5.74) is 0.705. The van der Waals surface area contributed by atoms with Crippen molar-refractivity contribution in [2.45, 2.75) is 26.3 Å². The zero-order chi connectivity index (χ0) is 11.6. The van der Waals surface area contributed by atoms with Crippen LogP contribution in [0.25, 0.3) is 0 Å². The highest BCUT2D eigenvalue weighted by Crippen LogP contribution is 2.04. The maximum atomic E-state index is 13.2. The van der Waals surface area contributed by atoms with Gasteiger partial charge in [-0.1, -0.05) is 31.5 Å². The van der Waals surface area contributed by atoms with Crippen molar-refractivity contribution in [1.29, 1.82) is 0 Å². The lowest BCUT2D eigenvalue weighted by Gasteiger charge is -2.06. The number of nitrogens with one attached hydrogen (secondary N) is 1. The first-order valence-electron chi connectivity index (χ1n) is 5.86. The molecule has 0 aliphatic rings. The molecule has 3 heteroatoms. The summed E-state index contributed by atoms with van der Waals surface area (Å²) in [5.74, 6) is -0.151. The highest BCUT2D eigenvalue weighted by Gasteiger charge is 1.98. The maximum Gasteiger partial charge on any atom is 0.127 e. The van der Waals surface area contributed by atoms with Gasteiger partial charge in [0.15, 0.2) is 0 Å². The molecule has 0 saturated carbocycles. The average molecular weight is 225 g/mol. The number of ether oxygens (including phenoxy) is 1. The minimum absolute atomic E-state index is 0.151. The molecule has 0 heterocycles. The number of hydrogen-bond acceptors (Lipinski definition) is 2. The van der Waals surface area contributed by atoms with Crippen LogP contribution in [-0.4, -0.2) is 19.8 Å². The predicted molar refractivity (Wildman–Crippen MR) is 63.8 cm³/mol. The first-order valence-corrected chi connectivity index (χ1v) is 5.86. The van der Waals surface area contributed by atoms with E-state index in [1.165, 1.54) is 6.07 Å². The molecule has 0 amide bonds. The van der Waals surface area contributed by atoms with Gasteiger partial charge >= 0.3 is 0 Å². The van der Waals surface area contributed by atoms with Gasteiger partial charge in [0.25, 0.3) is 0 Å². The fraction of sp³-hybridized carbons (Fsp3) is 0.538. The Balaban J connectivity index is 2.05. The van der Waals surface area contributed by atoms with Crippen LogP contribution in [0.4, 0.5) is 4.39 Å². The molecule has 0 aromatic heterocycles.